The Labute approximate surface area is 116 Å². The molecular weight excluding hydrogens is 236 g/mol. The Morgan fingerprint density at radius 1 is 1.32 bits per heavy atom. The smallest absolute Gasteiger partial charge is 0.0803 e. The Morgan fingerprint density at radius 3 is 2.84 bits per heavy atom. The minimum absolute atomic E-state index is 0.443. The molecule has 3 N–H and O–H groups in total. The normalized spacial score (nSPS) is 18.4. The van der Waals surface area contributed by atoms with Gasteiger partial charge in [-0.1, -0.05) is 32.1 Å². The molecule has 1 saturated carbocycles. The van der Waals surface area contributed by atoms with Gasteiger partial charge in [0.05, 0.1) is 6.10 Å². The van der Waals surface area contributed by atoms with Crippen molar-refractivity contribution in [2.24, 2.45) is 11.7 Å². The van der Waals surface area contributed by atoms with Crippen LogP contribution < -0.4 is 5.73 Å². The van der Waals surface area contributed by atoms with Crippen LogP contribution in [0.25, 0.3) is 0 Å². The summed E-state index contributed by atoms with van der Waals surface area (Å²) in [5.41, 5.74) is 7.55. The second-order valence-corrected chi connectivity index (χ2v) is 5.72. The molecule has 1 atom stereocenters. The van der Waals surface area contributed by atoms with Crippen LogP contribution in [0.3, 0.4) is 0 Å². The van der Waals surface area contributed by atoms with E-state index in [9.17, 15) is 5.11 Å². The van der Waals surface area contributed by atoms with Gasteiger partial charge < -0.3 is 10.8 Å². The van der Waals surface area contributed by atoms with Crippen molar-refractivity contribution in [2.45, 2.75) is 57.5 Å². The van der Waals surface area contributed by atoms with Crippen LogP contribution in [0.4, 0.5) is 0 Å². The number of nitrogens with zero attached hydrogens (tertiary/aromatic N) is 1. The van der Waals surface area contributed by atoms with Crippen LogP contribution in [0.15, 0.2) is 18.3 Å². The van der Waals surface area contributed by atoms with Gasteiger partial charge in [0.1, 0.15) is 0 Å². The summed E-state index contributed by atoms with van der Waals surface area (Å²) in [4.78, 5) is 4.42. The standard InChI is InChI=1S/C16H26N2O/c17-10-8-16(19)14-9-11-18-15(12-14)7-6-13-4-2-1-3-5-13/h9,11-13,16,19H,1-8,10,17H2. The number of aliphatic hydroxyl groups excluding tert-OH is 1. The first kappa shape index (κ1) is 14.5. The summed E-state index contributed by atoms with van der Waals surface area (Å²) in [6.07, 6.45) is 11.2. The van der Waals surface area contributed by atoms with Gasteiger partial charge in [-0.15, -0.1) is 0 Å². The lowest BCUT2D eigenvalue weighted by molar-refractivity contribution is 0.170. The van der Waals surface area contributed by atoms with Crippen LogP contribution in [0.2, 0.25) is 0 Å². The Bertz CT molecular complexity index is 375. The number of aliphatic hydroxyl groups is 1. The summed E-state index contributed by atoms with van der Waals surface area (Å²) in [7, 11) is 0. The zero-order chi connectivity index (χ0) is 13.5. The van der Waals surface area contributed by atoms with Crippen molar-refractivity contribution >= 4 is 0 Å². The largest absolute Gasteiger partial charge is 0.388 e. The summed E-state index contributed by atoms with van der Waals surface area (Å²) in [5, 5.41) is 9.95. The first-order valence-electron chi connectivity index (χ1n) is 7.62. The molecule has 1 aliphatic rings. The molecule has 3 nitrogen and oxygen atoms in total. The van der Waals surface area contributed by atoms with Crippen molar-refractivity contribution in [1.82, 2.24) is 4.98 Å². The maximum Gasteiger partial charge on any atom is 0.0803 e. The molecule has 19 heavy (non-hydrogen) atoms. The van der Waals surface area contributed by atoms with Crippen molar-refractivity contribution < 1.29 is 5.11 Å². The number of nitrogens with two attached hydrogens (primary N) is 1. The number of aryl methyl sites for hydroxylation is 1. The minimum Gasteiger partial charge on any atom is -0.388 e. The predicted molar refractivity (Wildman–Crippen MR) is 77.8 cm³/mol. The van der Waals surface area contributed by atoms with Crippen molar-refractivity contribution in [1.29, 1.82) is 0 Å². The molecule has 1 unspecified atom stereocenters. The number of rotatable bonds is 6. The number of pyridine rings is 1. The number of aromatic nitrogens is 1. The fourth-order valence-corrected chi connectivity index (χ4v) is 2.99. The summed E-state index contributed by atoms with van der Waals surface area (Å²) in [6.45, 7) is 0.515. The average molecular weight is 262 g/mol. The van der Waals surface area contributed by atoms with Gasteiger partial charge in [-0.3, -0.25) is 4.98 Å². The Balaban J connectivity index is 1.87. The zero-order valence-electron chi connectivity index (χ0n) is 11.7. The van der Waals surface area contributed by atoms with E-state index in [1.165, 1.54) is 38.5 Å². The van der Waals surface area contributed by atoms with Gasteiger partial charge in [0, 0.05) is 11.9 Å². The van der Waals surface area contributed by atoms with Gasteiger partial charge in [0.25, 0.3) is 0 Å². The highest BCUT2D eigenvalue weighted by Crippen LogP contribution is 2.27. The average Bonchev–Trinajstić information content (AvgIpc) is 2.47. The molecule has 0 bridgehead atoms. The van der Waals surface area contributed by atoms with Crippen LogP contribution in [0, 0.1) is 5.92 Å². The molecule has 106 valence electrons. The van der Waals surface area contributed by atoms with E-state index in [4.69, 9.17) is 5.73 Å². The molecule has 0 saturated heterocycles. The third-order valence-corrected chi connectivity index (χ3v) is 4.20. The quantitative estimate of drug-likeness (QED) is 0.828. The van der Waals surface area contributed by atoms with Crippen molar-refractivity contribution in [2.75, 3.05) is 6.54 Å². The Morgan fingerprint density at radius 2 is 2.11 bits per heavy atom. The molecule has 1 aromatic heterocycles. The van der Waals surface area contributed by atoms with Gasteiger partial charge in [-0.05, 0) is 49.4 Å². The third kappa shape index (κ3) is 4.59. The highest BCUT2D eigenvalue weighted by Gasteiger charge is 2.14. The van der Waals surface area contributed by atoms with Gasteiger partial charge in [-0.2, -0.15) is 0 Å². The van der Waals surface area contributed by atoms with E-state index in [2.05, 4.69) is 4.98 Å². The summed E-state index contributed by atoms with van der Waals surface area (Å²) < 4.78 is 0. The maximum absolute atomic E-state index is 9.95. The number of hydrogen-bond acceptors (Lipinski definition) is 3. The second-order valence-electron chi connectivity index (χ2n) is 5.72. The molecule has 1 fully saturated rings. The Kier molecular flexibility index (Phi) is 5.80. The third-order valence-electron chi connectivity index (χ3n) is 4.20. The molecule has 0 aromatic carbocycles. The van der Waals surface area contributed by atoms with Gasteiger partial charge >= 0.3 is 0 Å². The van der Waals surface area contributed by atoms with Crippen molar-refractivity contribution in [3.8, 4) is 0 Å². The monoisotopic (exact) mass is 262 g/mol. The van der Waals surface area contributed by atoms with E-state index in [0.717, 1.165) is 23.6 Å². The van der Waals surface area contributed by atoms with E-state index in [0.29, 0.717) is 13.0 Å². The molecule has 0 radical (unpaired) electrons. The molecule has 0 aliphatic heterocycles. The lowest BCUT2D eigenvalue weighted by Gasteiger charge is -2.21. The fourth-order valence-electron chi connectivity index (χ4n) is 2.99. The highest BCUT2D eigenvalue weighted by atomic mass is 16.3. The molecule has 3 heteroatoms. The molecule has 0 amide bonds. The zero-order valence-corrected chi connectivity index (χ0v) is 11.7. The van der Waals surface area contributed by atoms with E-state index >= 15 is 0 Å². The number of hydrogen-bond donors (Lipinski definition) is 2. The van der Waals surface area contributed by atoms with E-state index in [1.807, 2.05) is 18.3 Å². The topological polar surface area (TPSA) is 59.1 Å². The second kappa shape index (κ2) is 7.61. The van der Waals surface area contributed by atoms with E-state index in [1.54, 1.807) is 0 Å². The predicted octanol–water partition coefficient (Wildman–Crippen LogP) is 2.98. The van der Waals surface area contributed by atoms with Crippen LogP contribution >= 0.6 is 0 Å². The lowest BCUT2D eigenvalue weighted by atomic mass is 9.85. The van der Waals surface area contributed by atoms with Gasteiger partial charge in [0.2, 0.25) is 0 Å². The lowest BCUT2D eigenvalue weighted by Crippen LogP contribution is -2.09. The first-order chi connectivity index (χ1) is 9.29. The van der Waals surface area contributed by atoms with E-state index < -0.39 is 6.10 Å². The molecular formula is C16H26N2O. The summed E-state index contributed by atoms with van der Waals surface area (Å²) in [5.74, 6) is 0.883. The molecule has 1 aliphatic carbocycles. The van der Waals surface area contributed by atoms with Crippen molar-refractivity contribution in [3.05, 3.63) is 29.6 Å². The van der Waals surface area contributed by atoms with Crippen LogP contribution in [-0.4, -0.2) is 16.6 Å². The van der Waals surface area contributed by atoms with Gasteiger partial charge in [0.15, 0.2) is 0 Å². The van der Waals surface area contributed by atoms with Crippen LogP contribution in [-0.2, 0) is 6.42 Å². The summed E-state index contributed by atoms with van der Waals surface area (Å²) in [6, 6.07) is 3.94. The molecule has 0 spiro atoms. The molecule has 2 rings (SSSR count). The fraction of sp³-hybridized carbons (Fsp3) is 0.688. The highest BCUT2D eigenvalue weighted by molar-refractivity contribution is 5.19. The van der Waals surface area contributed by atoms with Gasteiger partial charge in [-0.25, -0.2) is 0 Å². The maximum atomic E-state index is 9.95. The van der Waals surface area contributed by atoms with Crippen LogP contribution in [0.1, 0.15) is 62.3 Å². The molecule has 1 aromatic rings. The van der Waals surface area contributed by atoms with E-state index in [-0.39, 0.29) is 0 Å². The Hall–Kier alpha value is -0.930. The summed E-state index contributed by atoms with van der Waals surface area (Å²) >= 11 is 0. The minimum atomic E-state index is -0.443. The van der Waals surface area contributed by atoms with Crippen molar-refractivity contribution in [3.63, 3.8) is 0 Å². The SMILES string of the molecule is NCCC(O)c1ccnc(CCC2CCCCC2)c1. The molecule has 1 heterocycles. The first-order valence-corrected chi connectivity index (χ1v) is 7.62. The van der Waals surface area contributed by atoms with Crippen LogP contribution in [0.5, 0.6) is 0 Å².